The van der Waals surface area contributed by atoms with E-state index in [1.165, 1.54) is 39.4 Å². The van der Waals surface area contributed by atoms with E-state index in [-0.39, 0.29) is 35.1 Å². The van der Waals surface area contributed by atoms with Crippen LogP contribution in [0.1, 0.15) is 92.1 Å². The molecular formula is C37H47FN6O5. The molecule has 0 unspecified atom stereocenters. The summed E-state index contributed by atoms with van der Waals surface area (Å²) in [6, 6.07) is 10.3. The number of hydrogen-bond donors (Lipinski definition) is 0. The summed E-state index contributed by atoms with van der Waals surface area (Å²) >= 11 is 0. The number of nitrogens with zero attached hydrogens (tertiary/aromatic N) is 6. The van der Waals surface area contributed by atoms with Gasteiger partial charge in [-0.05, 0) is 72.6 Å². The van der Waals surface area contributed by atoms with Gasteiger partial charge in [0.05, 0.1) is 29.2 Å². The first-order chi connectivity index (χ1) is 23.1. The number of Topliss-reactive ketones (excluding diaryl/α,β-unsaturated/α-hetero) is 1. The maximum absolute atomic E-state index is 14.2. The molecule has 5 rings (SSSR count). The number of pyridine rings is 1. The standard InChI is InChI=1S/C33H35FN6O5.2C2H6/c1-20(41)25-18-36-40-28(15-26(37-29(25)40)22-14-23(34)17-35-16-22)38(30(42)44-32(2,3)4)13-12-21-19-39(31(43)45-33(5,6)7)27-11-9-8-10-24(21)27;2*1-2/h8-11,14-19H,12-13H2,1-7H3;2*1-2H3. The summed E-state index contributed by atoms with van der Waals surface area (Å²) in [5, 5.41) is 5.20. The zero-order valence-electron chi connectivity index (χ0n) is 30.3. The number of amides is 1. The van der Waals surface area contributed by atoms with E-state index in [1.807, 2.05) is 52.0 Å². The molecular weight excluding hydrogens is 627 g/mol. The molecule has 0 radical (unpaired) electrons. The number of benzene rings is 1. The van der Waals surface area contributed by atoms with E-state index in [9.17, 15) is 18.8 Å². The minimum atomic E-state index is -0.835. The molecule has 11 nitrogen and oxygen atoms in total. The average Bonchev–Trinajstić information content (AvgIpc) is 3.64. The molecule has 0 aliphatic heterocycles. The van der Waals surface area contributed by atoms with Gasteiger partial charge in [0.2, 0.25) is 0 Å². The highest BCUT2D eigenvalue weighted by molar-refractivity contribution is 6.00. The number of anilines is 1. The summed E-state index contributed by atoms with van der Waals surface area (Å²) in [6.45, 7) is 20.1. The Morgan fingerprint density at radius 1 is 0.898 bits per heavy atom. The minimum absolute atomic E-state index is 0.0897. The van der Waals surface area contributed by atoms with Crippen molar-refractivity contribution in [3.05, 3.63) is 78.1 Å². The number of hydrogen-bond acceptors (Lipinski definition) is 8. The highest BCUT2D eigenvalue weighted by atomic mass is 19.1. The summed E-state index contributed by atoms with van der Waals surface area (Å²) in [5.74, 6) is -0.602. The van der Waals surface area contributed by atoms with Crippen LogP contribution in [0.3, 0.4) is 0 Å². The van der Waals surface area contributed by atoms with Crippen molar-refractivity contribution < 1.29 is 28.2 Å². The smallest absolute Gasteiger partial charge is 0.419 e. The van der Waals surface area contributed by atoms with Crippen molar-refractivity contribution in [2.24, 2.45) is 0 Å². The number of ether oxygens (including phenoxy) is 2. The SMILES string of the molecule is CC.CC.CC(=O)c1cnn2c(N(CCc3cn(C(=O)OC(C)(C)C)c4ccccc34)C(=O)OC(C)(C)C)cc(-c3cncc(F)c3)nc12. The summed E-state index contributed by atoms with van der Waals surface area (Å²) in [6.07, 6.45) is 4.71. The largest absolute Gasteiger partial charge is 0.443 e. The van der Waals surface area contributed by atoms with Crippen molar-refractivity contribution in [2.45, 2.75) is 93.8 Å². The van der Waals surface area contributed by atoms with Crippen molar-refractivity contribution in [1.82, 2.24) is 24.1 Å². The van der Waals surface area contributed by atoms with Gasteiger partial charge in [-0.15, -0.1) is 0 Å². The lowest BCUT2D eigenvalue weighted by molar-refractivity contribution is 0.0540. The van der Waals surface area contributed by atoms with Crippen molar-refractivity contribution in [2.75, 3.05) is 11.4 Å². The topological polar surface area (TPSA) is 121 Å². The maximum atomic E-state index is 14.2. The molecule has 262 valence electrons. The van der Waals surface area contributed by atoms with Gasteiger partial charge in [0, 0.05) is 36.0 Å². The molecule has 0 saturated heterocycles. The van der Waals surface area contributed by atoms with Gasteiger partial charge in [0.1, 0.15) is 22.8 Å². The van der Waals surface area contributed by atoms with Gasteiger partial charge in [0.25, 0.3) is 0 Å². The third-order valence-electron chi connectivity index (χ3n) is 6.71. The lowest BCUT2D eigenvalue weighted by atomic mass is 10.1. The zero-order valence-corrected chi connectivity index (χ0v) is 30.3. The summed E-state index contributed by atoms with van der Waals surface area (Å²) in [4.78, 5) is 49.3. The fourth-order valence-electron chi connectivity index (χ4n) is 4.85. The number of carbonyl (C=O) groups excluding carboxylic acids is 3. The first-order valence-electron chi connectivity index (χ1n) is 16.4. The van der Waals surface area contributed by atoms with E-state index < -0.39 is 29.2 Å². The van der Waals surface area contributed by atoms with Gasteiger partial charge < -0.3 is 9.47 Å². The molecule has 0 spiro atoms. The van der Waals surface area contributed by atoms with Crippen molar-refractivity contribution in [1.29, 1.82) is 0 Å². The molecule has 12 heteroatoms. The number of carbonyl (C=O) groups is 3. The molecule has 4 heterocycles. The first-order valence-corrected chi connectivity index (χ1v) is 16.4. The predicted octanol–water partition coefficient (Wildman–Crippen LogP) is 8.91. The highest BCUT2D eigenvalue weighted by Crippen LogP contribution is 2.29. The van der Waals surface area contributed by atoms with Gasteiger partial charge in [-0.2, -0.15) is 9.61 Å². The molecule has 0 atom stereocenters. The van der Waals surface area contributed by atoms with Crippen molar-refractivity contribution in [3.8, 4) is 11.3 Å². The second-order valence-corrected chi connectivity index (χ2v) is 12.6. The van der Waals surface area contributed by atoms with Crippen LogP contribution in [-0.2, 0) is 15.9 Å². The molecule has 0 bridgehead atoms. The summed E-state index contributed by atoms with van der Waals surface area (Å²) < 4.78 is 28.5. The van der Waals surface area contributed by atoms with Crippen molar-refractivity contribution in [3.63, 3.8) is 0 Å². The Bertz CT molecular complexity index is 1930. The maximum Gasteiger partial charge on any atom is 0.419 e. The Balaban J connectivity index is 0.00000157. The van der Waals surface area contributed by atoms with Crippen LogP contribution in [0.25, 0.3) is 27.8 Å². The fourth-order valence-corrected chi connectivity index (χ4v) is 4.85. The van der Waals surface area contributed by atoms with Crippen LogP contribution in [0.15, 0.2) is 61.2 Å². The van der Waals surface area contributed by atoms with Gasteiger partial charge in [-0.3, -0.25) is 19.2 Å². The van der Waals surface area contributed by atoms with Gasteiger partial charge in [0.15, 0.2) is 11.4 Å². The number of aromatic nitrogens is 5. The van der Waals surface area contributed by atoms with E-state index in [1.54, 1.807) is 53.8 Å². The molecule has 1 aromatic carbocycles. The third kappa shape index (κ3) is 9.27. The molecule has 0 N–H and O–H groups in total. The van der Waals surface area contributed by atoms with Crippen molar-refractivity contribution >= 4 is 40.3 Å². The van der Waals surface area contributed by atoms with E-state index in [0.717, 1.165) is 17.1 Å². The van der Waals surface area contributed by atoms with Gasteiger partial charge in [-0.25, -0.2) is 19.0 Å². The summed E-state index contributed by atoms with van der Waals surface area (Å²) in [5.41, 5.74) is 0.965. The normalized spacial score (nSPS) is 11.3. The average molecular weight is 675 g/mol. The number of para-hydroxylation sites is 1. The van der Waals surface area contributed by atoms with E-state index in [2.05, 4.69) is 15.1 Å². The molecule has 0 aliphatic carbocycles. The Hall–Kier alpha value is -5.13. The van der Waals surface area contributed by atoms with Crippen LogP contribution < -0.4 is 4.90 Å². The Morgan fingerprint density at radius 3 is 2.16 bits per heavy atom. The van der Waals surface area contributed by atoms with Crippen LogP contribution in [0, 0.1) is 5.82 Å². The Kier molecular flexibility index (Phi) is 12.4. The molecule has 0 saturated carbocycles. The number of ketones is 1. The van der Waals surface area contributed by atoms with E-state index in [4.69, 9.17) is 9.47 Å². The number of rotatable bonds is 6. The molecule has 5 aromatic rings. The Labute approximate surface area is 287 Å². The quantitative estimate of drug-likeness (QED) is 0.164. The number of halogens is 1. The number of fused-ring (bicyclic) bond motifs is 2. The minimum Gasteiger partial charge on any atom is -0.443 e. The fraction of sp³-hybridized carbons (Fsp3) is 0.405. The van der Waals surface area contributed by atoms with E-state index >= 15 is 0 Å². The zero-order chi connectivity index (χ0) is 36.7. The lowest BCUT2D eigenvalue weighted by Gasteiger charge is -2.28. The monoisotopic (exact) mass is 674 g/mol. The van der Waals surface area contributed by atoms with Crippen LogP contribution in [0.4, 0.5) is 19.8 Å². The van der Waals surface area contributed by atoms with Crippen LogP contribution >= 0.6 is 0 Å². The molecule has 49 heavy (non-hydrogen) atoms. The molecule has 4 aromatic heterocycles. The van der Waals surface area contributed by atoms with Crippen LogP contribution in [0.5, 0.6) is 0 Å². The summed E-state index contributed by atoms with van der Waals surface area (Å²) in [7, 11) is 0. The van der Waals surface area contributed by atoms with Crippen LogP contribution in [-0.4, -0.2) is 59.9 Å². The van der Waals surface area contributed by atoms with E-state index in [0.29, 0.717) is 17.5 Å². The van der Waals surface area contributed by atoms with Crippen LogP contribution in [0.2, 0.25) is 0 Å². The second kappa shape index (κ2) is 15.8. The van der Waals surface area contributed by atoms with Gasteiger partial charge >= 0.3 is 12.2 Å². The predicted molar refractivity (Wildman–Crippen MR) is 190 cm³/mol. The lowest BCUT2D eigenvalue weighted by Crippen LogP contribution is -2.39. The highest BCUT2D eigenvalue weighted by Gasteiger charge is 2.28. The Morgan fingerprint density at radius 2 is 1.55 bits per heavy atom. The molecule has 0 fully saturated rings. The molecule has 1 amide bonds. The molecule has 0 aliphatic rings. The first kappa shape index (κ1) is 38.3. The van der Waals surface area contributed by atoms with Gasteiger partial charge in [-0.1, -0.05) is 45.9 Å². The third-order valence-corrected chi connectivity index (χ3v) is 6.71. The second-order valence-electron chi connectivity index (χ2n) is 12.6.